The molecule has 0 aliphatic carbocycles. The fraction of sp³-hybridized carbons (Fsp3) is 0.250. The number of methoxy groups -OCH3 is 1. The Morgan fingerprint density at radius 3 is 2.30 bits per heavy atom. The van der Waals surface area contributed by atoms with Gasteiger partial charge in [-0.05, 0) is 54.8 Å². The molecule has 0 fully saturated rings. The lowest BCUT2D eigenvalue weighted by atomic mass is 9.96. The minimum atomic E-state index is -0.713. The summed E-state index contributed by atoms with van der Waals surface area (Å²) in [6.07, 6.45) is -0.713. The molecule has 2 rings (SSSR count). The van der Waals surface area contributed by atoms with Crippen LogP contribution in [-0.2, 0) is 0 Å². The highest BCUT2D eigenvalue weighted by molar-refractivity contribution is 9.10. The van der Waals surface area contributed by atoms with Crippen molar-refractivity contribution in [2.45, 2.75) is 20.0 Å². The molecule has 0 radical (unpaired) electrons. The average Bonchev–Trinajstić information content (AvgIpc) is 2.40. The van der Waals surface area contributed by atoms with Crippen molar-refractivity contribution in [3.63, 3.8) is 0 Å². The van der Waals surface area contributed by atoms with Crippen LogP contribution in [0, 0.1) is 13.8 Å². The summed E-state index contributed by atoms with van der Waals surface area (Å²) in [5, 5.41) is 10.7. The molecule has 1 N–H and O–H groups in total. The van der Waals surface area contributed by atoms with Gasteiger partial charge in [0, 0.05) is 14.5 Å². The van der Waals surface area contributed by atoms with E-state index in [0.29, 0.717) is 5.75 Å². The summed E-state index contributed by atoms with van der Waals surface area (Å²) in [7, 11) is 1.62. The molecule has 2 aromatic carbocycles. The van der Waals surface area contributed by atoms with Crippen LogP contribution in [0.25, 0.3) is 0 Å². The maximum Gasteiger partial charge on any atom is 0.125 e. The fourth-order valence-corrected chi connectivity index (χ4v) is 3.01. The number of hydrogen-bond donors (Lipinski definition) is 1. The Morgan fingerprint density at radius 1 is 1.00 bits per heavy atom. The molecule has 0 saturated heterocycles. The molecule has 0 saturated carbocycles. The third-order valence-electron chi connectivity index (χ3n) is 3.33. The van der Waals surface area contributed by atoms with Crippen molar-refractivity contribution in [1.82, 2.24) is 0 Å². The van der Waals surface area contributed by atoms with Crippen LogP contribution in [0.3, 0.4) is 0 Å². The van der Waals surface area contributed by atoms with Gasteiger partial charge < -0.3 is 9.84 Å². The number of benzene rings is 2. The van der Waals surface area contributed by atoms with Crippen molar-refractivity contribution in [2.24, 2.45) is 0 Å². The Balaban J connectivity index is 2.52. The van der Waals surface area contributed by atoms with Gasteiger partial charge in [-0.1, -0.05) is 37.9 Å². The summed E-state index contributed by atoms with van der Waals surface area (Å²) >= 11 is 6.94. The smallest absolute Gasteiger partial charge is 0.125 e. The first-order chi connectivity index (χ1) is 9.43. The molecule has 2 aromatic rings. The van der Waals surface area contributed by atoms with E-state index in [1.807, 2.05) is 44.2 Å². The summed E-state index contributed by atoms with van der Waals surface area (Å²) < 4.78 is 7.36. The Hall–Kier alpha value is -0.840. The molecular formula is C16H16Br2O2. The monoisotopic (exact) mass is 398 g/mol. The highest BCUT2D eigenvalue weighted by atomic mass is 79.9. The summed E-state index contributed by atoms with van der Waals surface area (Å²) in [6, 6.07) is 9.70. The van der Waals surface area contributed by atoms with E-state index in [0.717, 1.165) is 31.2 Å². The summed E-state index contributed by atoms with van der Waals surface area (Å²) in [5.41, 5.74) is 3.74. The van der Waals surface area contributed by atoms with E-state index in [-0.39, 0.29) is 0 Å². The Morgan fingerprint density at radius 2 is 1.70 bits per heavy atom. The van der Waals surface area contributed by atoms with Gasteiger partial charge >= 0.3 is 0 Å². The van der Waals surface area contributed by atoms with Gasteiger partial charge in [-0.25, -0.2) is 0 Å². The molecule has 0 aliphatic rings. The Kier molecular flexibility index (Phi) is 4.89. The van der Waals surface area contributed by atoms with Gasteiger partial charge in [0.25, 0.3) is 0 Å². The second-order valence-corrected chi connectivity index (χ2v) is 6.52. The number of aliphatic hydroxyl groups excluding tert-OH is 1. The number of halogens is 2. The van der Waals surface area contributed by atoms with E-state index in [1.54, 1.807) is 7.11 Å². The molecule has 0 aliphatic heterocycles. The van der Waals surface area contributed by atoms with Crippen LogP contribution in [0.5, 0.6) is 5.75 Å². The number of hydrogen-bond acceptors (Lipinski definition) is 2. The molecule has 0 spiro atoms. The molecule has 106 valence electrons. The topological polar surface area (TPSA) is 29.5 Å². The molecule has 4 heteroatoms. The lowest BCUT2D eigenvalue weighted by Crippen LogP contribution is -2.05. The van der Waals surface area contributed by atoms with Gasteiger partial charge in [0.15, 0.2) is 0 Å². The first kappa shape index (κ1) is 15.5. The number of aryl methyl sites for hydroxylation is 2. The fourth-order valence-electron chi connectivity index (χ4n) is 2.17. The van der Waals surface area contributed by atoms with Crippen molar-refractivity contribution in [2.75, 3.05) is 7.11 Å². The SMILES string of the molecule is COc1cc(C)c(Br)cc1C(O)c1ccc(Br)cc1C. The lowest BCUT2D eigenvalue weighted by Gasteiger charge is -2.18. The summed E-state index contributed by atoms with van der Waals surface area (Å²) in [6.45, 7) is 3.98. The van der Waals surface area contributed by atoms with Crippen molar-refractivity contribution in [3.05, 3.63) is 61.5 Å². The molecule has 2 nitrogen and oxygen atoms in total. The van der Waals surface area contributed by atoms with Gasteiger partial charge in [0.1, 0.15) is 11.9 Å². The summed E-state index contributed by atoms with van der Waals surface area (Å²) in [4.78, 5) is 0. The standard InChI is InChI=1S/C16H16Br2O2/c1-9-6-11(17)4-5-12(9)16(19)13-8-14(18)10(2)7-15(13)20-3/h4-8,16,19H,1-3H3. The quantitative estimate of drug-likeness (QED) is 0.793. The number of aliphatic hydroxyl groups is 1. The lowest BCUT2D eigenvalue weighted by molar-refractivity contribution is 0.214. The second kappa shape index (κ2) is 6.29. The van der Waals surface area contributed by atoms with Crippen molar-refractivity contribution in [3.8, 4) is 5.75 Å². The molecule has 0 bridgehead atoms. The van der Waals surface area contributed by atoms with E-state index >= 15 is 0 Å². The third kappa shape index (κ3) is 3.08. The van der Waals surface area contributed by atoms with Gasteiger partial charge in [-0.15, -0.1) is 0 Å². The van der Waals surface area contributed by atoms with Crippen LogP contribution in [0.4, 0.5) is 0 Å². The highest BCUT2D eigenvalue weighted by Gasteiger charge is 2.18. The van der Waals surface area contributed by atoms with Crippen LogP contribution in [0.15, 0.2) is 39.3 Å². The van der Waals surface area contributed by atoms with Crippen LogP contribution >= 0.6 is 31.9 Å². The first-order valence-electron chi connectivity index (χ1n) is 6.22. The molecule has 20 heavy (non-hydrogen) atoms. The van der Waals surface area contributed by atoms with E-state index in [9.17, 15) is 5.11 Å². The van der Waals surface area contributed by atoms with E-state index < -0.39 is 6.10 Å². The molecule has 0 aromatic heterocycles. The van der Waals surface area contributed by atoms with Gasteiger partial charge in [-0.3, -0.25) is 0 Å². The molecular weight excluding hydrogens is 384 g/mol. The maximum absolute atomic E-state index is 10.7. The van der Waals surface area contributed by atoms with Crippen molar-refractivity contribution >= 4 is 31.9 Å². The zero-order chi connectivity index (χ0) is 14.9. The van der Waals surface area contributed by atoms with Crippen LogP contribution in [-0.4, -0.2) is 12.2 Å². The van der Waals surface area contributed by atoms with E-state index in [1.165, 1.54) is 0 Å². The predicted octanol–water partition coefficient (Wildman–Crippen LogP) is 4.92. The molecule has 0 amide bonds. The zero-order valence-electron chi connectivity index (χ0n) is 11.6. The molecule has 1 atom stereocenters. The minimum Gasteiger partial charge on any atom is -0.496 e. The van der Waals surface area contributed by atoms with Crippen molar-refractivity contribution in [1.29, 1.82) is 0 Å². The van der Waals surface area contributed by atoms with Crippen LogP contribution < -0.4 is 4.74 Å². The minimum absolute atomic E-state index is 0.695. The highest BCUT2D eigenvalue weighted by Crippen LogP contribution is 2.35. The normalized spacial score (nSPS) is 12.3. The maximum atomic E-state index is 10.7. The van der Waals surface area contributed by atoms with Gasteiger partial charge in [0.2, 0.25) is 0 Å². The first-order valence-corrected chi connectivity index (χ1v) is 7.80. The van der Waals surface area contributed by atoms with Gasteiger partial charge in [-0.2, -0.15) is 0 Å². The Bertz CT molecular complexity index is 639. The van der Waals surface area contributed by atoms with Crippen LogP contribution in [0.1, 0.15) is 28.4 Å². The van der Waals surface area contributed by atoms with Crippen LogP contribution in [0.2, 0.25) is 0 Å². The zero-order valence-corrected chi connectivity index (χ0v) is 14.7. The number of ether oxygens (including phenoxy) is 1. The number of rotatable bonds is 3. The largest absolute Gasteiger partial charge is 0.496 e. The second-order valence-electron chi connectivity index (χ2n) is 4.75. The van der Waals surface area contributed by atoms with Crippen molar-refractivity contribution < 1.29 is 9.84 Å². The van der Waals surface area contributed by atoms with E-state index in [2.05, 4.69) is 31.9 Å². The average molecular weight is 400 g/mol. The third-order valence-corrected chi connectivity index (χ3v) is 4.68. The van der Waals surface area contributed by atoms with E-state index in [4.69, 9.17) is 4.74 Å². The van der Waals surface area contributed by atoms with Gasteiger partial charge in [0.05, 0.1) is 7.11 Å². The molecule has 1 unspecified atom stereocenters. The predicted molar refractivity (Wildman–Crippen MR) is 88.4 cm³/mol. The summed E-state index contributed by atoms with van der Waals surface area (Å²) in [5.74, 6) is 0.695. The molecule has 0 heterocycles. The Labute approximate surface area is 136 Å².